The van der Waals surface area contributed by atoms with E-state index in [1.54, 1.807) is 6.20 Å². The van der Waals surface area contributed by atoms with Crippen molar-refractivity contribution in [2.75, 3.05) is 38.2 Å². The summed E-state index contributed by atoms with van der Waals surface area (Å²) in [5.41, 5.74) is 7.47. The average molecular weight is 274 g/mol. The SMILES string of the molecule is CN(C)CC(C)(O)CNc1ccnc2cc(N)ccc12. The van der Waals surface area contributed by atoms with E-state index in [0.29, 0.717) is 18.8 Å². The smallest absolute Gasteiger partial charge is 0.0917 e. The molecule has 0 amide bonds. The van der Waals surface area contributed by atoms with Crippen LogP contribution in [0.2, 0.25) is 0 Å². The molecule has 5 nitrogen and oxygen atoms in total. The van der Waals surface area contributed by atoms with Gasteiger partial charge in [0, 0.05) is 36.0 Å². The fourth-order valence-corrected chi connectivity index (χ4v) is 2.34. The van der Waals surface area contributed by atoms with Crippen LogP contribution in [-0.2, 0) is 0 Å². The number of pyridine rings is 1. The van der Waals surface area contributed by atoms with E-state index in [0.717, 1.165) is 16.6 Å². The number of anilines is 2. The van der Waals surface area contributed by atoms with Crippen molar-refractivity contribution in [3.05, 3.63) is 30.5 Å². The zero-order valence-electron chi connectivity index (χ0n) is 12.2. The van der Waals surface area contributed by atoms with E-state index in [9.17, 15) is 5.11 Å². The van der Waals surface area contributed by atoms with Gasteiger partial charge in [-0.25, -0.2) is 0 Å². The summed E-state index contributed by atoms with van der Waals surface area (Å²) in [6.45, 7) is 2.88. The first-order valence-corrected chi connectivity index (χ1v) is 6.63. The Bertz CT molecular complexity index is 595. The van der Waals surface area contributed by atoms with Crippen molar-refractivity contribution in [1.82, 2.24) is 9.88 Å². The quantitative estimate of drug-likeness (QED) is 0.721. The van der Waals surface area contributed by atoms with Crippen LogP contribution in [0.5, 0.6) is 0 Å². The van der Waals surface area contributed by atoms with Gasteiger partial charge in [0.2, 0.25) is 0 Å². The Labute approximate surface area is 119 Å². The molecule has 0 aliphatic heterocycles. The second kappa shape index (κ2) is 5.64. The first-order valence-electron chi connectivity index (χ1n) is 6.63. The van der Waals surface area contributed by atoms with Gasteiger partial charge in [0.15, 0.2) is 0 Å². The number of rotatable bonds is 5. The third-order valence-electron chi connectivity index (χ3n) is 3.08. The molecule has 108 valence electrons. The maximum atomic E-state index is 10.3. The average Bonchev–Trinajstić information content (AvgIpc) is 2.34. The molecule has 1 aromatic heterocycles. The summed E-state index contributed by atoms with van der Waals surface area (Å²) in [5, 5.41) is 14.6. The molecule has 0 bridgehead atoms. The highest BCUT2D eigenvalue weighted by Gasteiger charge is 2.21. The second-order valence-corrected chi connectivity index (χ2v) is 5.72. The highest BCUT2D eigenvalue weighted by molar-refractivity contribution is 5.92. The minimum absolute atomic E-state index is 0.467. The van der Waals surface area contributed by atoms with Gasteiger partial charge in [-0.3, -0.25) is 4.98 Å². The molecule has 1 aromatic carbocycles. The summed E-state index contributed by atoms with van der Waals surface area (Å²) >= 11 is 0. The standard InChI is InChI=1S/C15H22N4O/c1-15(20,10-19(2)3)9-18-13-6-7-17-14-8-11(16)4-5-12(13)14/h4-8,20H,9-10,16H2,1-3H3,(H,17,18). The minimum Gasteiger partial charge on any atom is -0.399 e. The van der Waals surface area contributed by atoms with E-state index >= 15 is 0 Å². The van der Waals surface area contributed by atoms with E-state index in [1.165, 1.54) is 0 Å². The number of aromatic nitrogens is 1. The number of hydrogen-bond donors (Lipinski definition) is 3. The lowest BCUT2D eigenvalue weighted by Gasteiger charge is -2.27. The molecular formula is C15H22N4O. The molecule has 0 aliphatic carbocycles. The van der Waals surface area contributed by atoms with Crippen LogP contribution in [0.1, 0.15) is 6.92 Å². The van der Waals surface area contributed by atoms with E-state index in [1.807, 2.05) is 50.2 Å². The van der Waals surface area contributed by atoms with Crippen LogP contribution in [0.15, 0.2) is 30.5 Å². The van der Waals surface area contributed by atoms with E-state index < -0.39 is 5.60 Å². The molecule has 0 fully saturated rings. The molecule has 0 saturated carbocycles. The van der Waals surface area contributed by atoms with Crippen LogP contribution in [0.3, 0.4) is 0 Å². The first-order chi connectivity index (χ1) is 9.37. The predicted molar refractivity (Wildman–Crippen MR) is 83.8 cm³/mol. The molecule has 2 aromatic rings. The topological polar surface area (TPSA) is 74.4 Å². The third-order valence-corrected chi connectivity index (χ3v) is 3.08. The van der Waals surface area contributed by atoms with Crippen LogP contribution in [-0.4, -0.2) is 47.8 Å². The minimum atomic E-state index is -0.799. The number of likely N-dealkylation sites (N-methyl/N-ethyl adjacent to an activating group) is 1. The number of aliphatic hydroxyl groups is 1. The molecule has 0 aliphatic rings. The van der Waals surface area contributed by atoms with Gasteiger partial charge in [0.25, 0.3) is 0 Å². The molecule has 0 radical (unpaired) electrons. The van der Waals surface area contributed by atoms with Gasteiger partial charge in [-0.05, 0) is 45.3 Å². The van der Waals surface area contributed by atoms with Gasteiger partial charge in [0.05, 0.1) is 11.1 Å². The number of nitrogens with one attached hydrogen (secondary N) is 1. The Morgan fingerprint density at radius 2 is 2.10 bits per heavy atom. The molecule has 1 heterocycles. The summed E-state index contributed by atoms with van der Waals surface area (Å²) in [6, 6.07) is 7.55. The normalized spacial score (nSPS) is 14.4. The molecule has 0 saturated heterocycles. The number of nitrogens with two attached hydrogens (primary N) is 1. The Kier molecular flexibility index (Phi) is 4.11. The molecule has 20 heavy (non-hydrogen) atoms. The largest absolute Gasteiger partial charge is 0.399 e. The van der Waals surface area contributed by atoms with Crippen molar-refractivity contribution in [2.45, 2.75) is 12.5 Å². The molecule has 4 N–H and O–H groups in total. The molecule has 5 heteroatoms. The number of fused-ring (bicyclic) bond motifs is 1. The van der Waals surface area contributed by atoms with Gasteiger partial charge in [-0.1, -0.05) is 0 Å². The molecular weight excluding hydrogens is 252 g/mol. The van der Waals surface area contributed by atoms with Crippen LogP contribution >= 0.6 is 0 Å². The van der Waals surface area contributed by atoms with Crippen LogP contribution < -0.4 is 11.1 Å². The summed E-state index contributed by atoms with van der Waals surface area (Å²) < 4.78 is 0. The van der Waals surface area contributed by atoms with Gasteiger partial charge in [0.1, 0.15) is 0 Å². The first kappa shape index (κ1) is 14.6. The van der Waals surface area contributed by atoms with Crippen molar-refractivity contribution >= 4 is 22.3 Å². The zero-order valence-corrected chi connectivity index (χ0v) is 12.2. The Hall–Kier alpha value is -1.85. The van der Waals surface area contributed by atoms with Gasteiger partial charge < -0.3 is 21.1 Å². The lowest BCUT2D eigenvalue weighted by molar-refractivity contribution is 0.0460. The maximum Gasteiger partial charge on any atom is 0.0917 e. The molecule has 2 rings (SSSR count). The number of hydrogen-bond acceptors (Lipinski definition) is 5. The van der Waals surface area contributed by atoms with Crippen molar-refractivity contribution < 1.29 is 5.11 Å². The Balaban J connectivity index is 2.18. The predicted octanol–water partition coefficient (Wildman–Crippen LogP) is 1.54. The van der Waals surface area contributed by atoms with Crippen LogP contribution in [0.25, 0.3) is 10.9 Å². The number of benzene rings is 1. The Morgan fingerprint density at radius 1 is 1.35 bits per heavy atom. The van der Waals surface area contributed by atoms with Crippen molar-refractivity contribution in [3.63, 3.8) is 0 Å². The van der Waals surface area contributed by atoms with E-state index in [2.05, 4.69) is 10.3 Å². The van der Waals surface area contributed by atoms with E-state index in [-0.39, 0.29) is 0 Å². The lowest BCUT2D eigenvalue weighted by Crippen LogP contribution is -2.43. The summed E-state index contributed by atoms with van der Waals surface area (Å²) in [6.07, 6.45) is 1.74. The molecule has 1 unspecified atom stereocenters. The van der Waals surface area contributed by atoms with Gasteiger partial charge in [-0.2, -0.15) is 0 Å². The Morgan fingerprint density at radius 3 is 2.80 bits per heavy atom. The fraction of sp³-hybridized carbons (Fsp3) is 0.400. The summed E-state index contributed by atoms with van der Waals surface area (Å²) in [7, 11) is 3.89. The maximum absolute atomic E-state index is 10.3. The number of nitrogen functional groups attached to an aromatic ring is 1. The van der Waals surface area contributed by atoms with Crippen molar-refractivity contribution in [3.8, 4) is 0 Å². The fourth-order valence-electron chi connectivity index (χ4n) is 2.34. The van der Waals surface area contributed by atoms with Gasteiger partial charge in [-0.15, -0.1) is 0 Å². The molecule has 0 spiro atoms. The third kappa shape index (κ3) is 3.59. The lowest BCUT2D eigenvalue weighted by atomic mass is 10.1. The van der Waals surface area contributed by atoms with Crippen LogP contribution in [0, 0.1) is 0 Å². The zero-order chi connectivity index (χ0) is 14.8. The monoisotopic (exact) mass is 274 g/mol. The summed E-state index contributed by atoms with van der Waals surface area (Å²) in [5.74, 6) is 0. The summed E-state index contributed by atoms with van der Waals surface area (Å²) in [4.78, 5) is 6.27. The second-order valence-electron chi connectivity index (χ2n) is 5.72. The number of nitrogens with zero attached hydrogens (tertiary/aromatic N) is 2. The van der Waals surface area contributed by atoms with E-state index in [4.69, 9.17) is 5.73 Å². The highest BCUT2D eigenvalue weighted by atomic mass is 16.3. The van der Waals surface area contributed by atoms with Crippen molar-refractivity contribution in [2.24, 2.45) is 0 Å². The van der Waals surface area contributed by atoms with Crippen molar-refractivity contribution in [1.29, 1.82) is 0 Å². The highest BCUT2D eigenvalue weighted by Crippen LogP contribution is 2.23. The van der Waals surface area contributed by atoms with Gasteiger partial charge >= 0.3 is 0 Å². The van der Waals surface area contributed by atoms with Crippen LogP contribution in [0.4, 0.5) is 11.4 Å². The molecule has 1 atom stereocenters.